The van der Waals surface area contributed by atoms with E-state index >= 15 is 0 Å². The van der Waals surface area contributed by atoms with Gasteiger partial charge in [-0.3, -0.25) is 4.79 Å². The van der Waals surface area contributed by atoms with Gasteiger partial charge in [0.1, 0.15) is 0 Å². The standard InChI is InChI=1S/C23H15ClN2O4/c24-19-12-10-17(11-13-19)22-26-25-20(30-22)14-29-23(28)18-8-6-16(7-9-18)21(27)15-4-2-1-3-5-15/h1-13H,14H2. The molecule has 0 aliphatic rings. The fourth-order valence-electron chi connectivity index (χ4n) is 2.75. The maximum absolute atomic E-state index is 12.4. The summed E-state index contributed by atoms with van der Waals surface area (Å²) in [5.74, 6) is -0.193. The summed E-state index contributed by atoms with van der Waals surface area (Å²) in [6, 6.07) is 22.2. The third-order valence-electron chi connectivity index (χ3n) is 4.30. The van der Waals surface area contributed by atoms with Gasteiger partial charge in [0.05, 0.1) is 5.56 Å². The minimum absolute atomic E-state index is 0.115. The fraction of sp³-hybridized carbons (Fsp3) is 0.0435. The van der Waals surface area contributed by atoms with Crippen LogP contribution >= 0.6 is 11.6 Å². The van der Waals surface area contributed by atoms with Crippen molar-refractivity contribution in [1.82, 2.24) is 10.2 Å². The maximum Gasteiger partial charge on any atom is 0.338 e. The molecule has 1 aromatic heterocycles. The molecule has 1 heterocycles. The van der Waals surface area contributed by atoms with Gasteiger partial charge in [-0.05, 0) is 36.4 Å². The Bertz CT molecular complexity index is 1170. The molecule has 0 bridgehead atoms. The van der Waals surface area contributed by atoms with E-state index in [1.54, 1.807) is 72.8 Å². The quantitative estimate of drug-likeness (QED) is 0.324. The van der Waals surface area contributed by atoms with E-state index in [2.05, 4.69) is 10.2 Å². The molecule has 30 heavy (non-hydrogen) atoms. The van der Waals surface area contributed by atoms with Crippen molar-refractivity contribution in [2.24, 2.45) is 0 Å². The van der Waals surface area contributed by atoms with Crippen LogP contribution in [-0.4, -0.2) is 21.9 Å². The minimum atomic E-state index is -0.556. The molecule has 4 aromatic rings. The Morgan fingerprint density at radius 1 is 0.800 bits per heavy atom. The number of rotatable bonds is 6. The van der Waals surface area contributed by atoms with Gasteiger partial charge in [-0.25, -0.2) is 4.79 Å². The summed E-state index contributed by atoms with van der Waals surface area (Å²) in [5.41, 5.74) is 2.10. The second-order valence-corrected chi connectivity index (χ2v) is 6.79. The van der Waals surface area contributed by atoms with Crippen LogP contribution < -0.4 is 0 Å². The molecule has 3 aromatic carbocycles. The number of carbonyl (C=O) groups is 2. The molecule has 7 heteroatoms. The van der Waals surface area contributed by atoms with E-state index in [1.165, 1.54) is 0 Å². The van der Waals surface area contributed by atoms with Crippen LogP contribution in [0.5, 0.6) is 0 Å². The molecule has 0 aliphatic heterocycles. The van der Waals surface area contributed by atoms with Crippen molar-refractivity contribution in [3.63, 3.8) is 0 Å². The van der Waals surface area contributed by atoms with Crippen molar-refractivity contribution >= 4 is 23.4 Å². The van der Waals surface area contributed by atoms with Gasteiger partial charge in [0.25, 0.3) is 5.89 Å². The molecule has 0 N–H and O–H groups in total. The Balaban J connectivity index is 1.37. The third-order valence-corrected chi connectivity index (χ3v) is 4.56. The number of carbonyl (C=O) groups excluding carboxylic acids is 2. The molecule has 0 radical (unpaired) electrons. The van der Waals surface area contributed by atoms with Crippen molar-refractivity contribution in [2.45, 2.75) is 6.61 Å². The van der Waals surface area contributed by atoms with Gasteiger partial charge >= 0.3 is 5.97 Å². The molecule has 0 spiro atoms. The second kappa shape index (κ2) is 8.71. The highest BCUT2D eigenvalue weighted by Crippen LogP contribution is 2.20. The summed E-state index contributed by atoms with van der Waals surface area (Å²) < 4.78 is 10.7. The number of aromatic nitrogens is 2. The third kappa shape index (κ3) is 4.45. The normalized spacial score (nSPS) is 10.6. The predicted octanol–water partition coefficient (Wildman–Crippen LogP) is 4.98. The highest BCUT2D eigenvalue weighted by atomic mass is 35.5. The molecular formula is C23H15ClN2O4. The van der Waals surface area contributed by atoms with Gasteiger partial charge in [0, 0.05) is 21.7 Å². The maximum atomic E-state index is 12.4. The summed E-state index contributed by atoms with van der Waals surface area (Å²) in [7, 11) is 0. The number of benzene rings is 3. The Morgan fingerprint density at radius 3 is 2.13 bits per heavy atom. The van der Waals surface area contributed by atoms with E-state index in [0.717, 1.165) is 0 Å². The zero-order chi connectivity index (χ0) is 20.9. The van der Waals surface area contributed by atoms with Crippen molar-refractivity contribution in [1.29, 1.82) is 0 Å². The van der Waals surface area contributed by atoms with Gasteiger partial charge in [-0.2, -0.15) is 0 Å². The zero-order valence-corrected chi connectivity index (χ0v) is 16.4. The molecule has 0 aliphatic carbocycles. The lowest BCUT2D eigenvalue weighted by Crippen LogP contribution is -2.07. The van der Waals surface area contributed by atoms with Gasteiger partial charge in [-0.15, -0.1) is 10.2 Å². The first-order chi connectivity index (χ1) is 14.6. The van der Waals surface area contributed by atoms with E-state index < -0.39 is 5.97 Å². The fourth-order valence-corrected chi connectivity index (χ4v) is 2.87. The van der Waals surface area contributed by atoms with Crippen molar-refractivity contribution in [3.05, 3.63) is 106 Å². The molecular weight excluding hydrogens is 404 g/mol. The van der Waals surface area contributed by atoms with E-state index in [-0.39, 0.29) is 18.3 Å². The van der Waals surface area contributed by atoms with E-state index in [9.17, 15) is 9.59 Å². The van der Waals surface area contributed by atoms with Crippen LogP contribution in [0.4, 0.5) is 0 Å². The highest BCUT2D eigenvalue weighted by molar-refractivity contribution is 6.30. The molecule has 0 fully saturated rings. The summed E-state index contributed by atoms with van der Waals surface area (Å²) in [6.45, 7) is -0.163. The largest absolute Gasteiger partial charge is 0.452 e. The SMILES string of the molecule is O=C(OCc1nnc(-c2ccc(Cl)cc2)o1)c1ccc(C(=O)c2ccccc2)cc1. The van der Waals surface area contributed by atoms with E-state index in [0.29, 0.717) is 33.2 Å². The highest BCUT2D eigenvalue weighted by Gasteiger charge is 2.14. The Morgan fingerprint density at radius 2 is 1.43 bits per heavy atom. The Kier molecular flexibility index (Phi) is 5.68. The summed E-state index contributed by atoms with van der Waals surface area (Å²) in [4.78, 5) is 24.7. The van der Waals surface area contributed by atoms with Crippen molar-refractivity contribution in [3.8, 4) is 11.5 Å². The molecule has 148 valence electrons. The summed E-state index contributed by atoms with van der Waals surface area (Å²) in [5, 5.41) is 8.42. The van der Waals surface area contributed by atoms with Crippen LogP contribution in [-0.2, 0) is 11.3 Å². The lowest BCUT2D eigenvalue weighted by atomic mass is 10.0. The van der Waals surface area contributed by atoms with Gasteiger partial charge in [0.2, 0.25) is 5.89 Å². The summed E-state index contributed by atoms with van der Waals surface area (Å²) >= 11 is 5.86. The van der Waals surface area contributed by atoms with Gasteiger partial charge in [-0.1, -0.05) is 54.1 Å². The van der Waals surface area contributed by atoms with E-state index in [1.807, 2.05) is 6.07 Å². The molecule has 0 saturated heterocycles. The number of ketones is 1. The first-order valence-electron chi connectivity index (χ1n) is 9.05. The van der Waals surface area contributed by atoms with Crippen molar-refractivity contribution in [2.75, 3.05) is 0 Å². The minimum Gasteiger partial charge on any atom is -0.452 e. The molecule has 4 rings (SSSR count). The first-order valence-corrected chi connectivity index (χ1v) is 9.43. The van der Waals surface area contributed by atoms with Crippen LogP contribution in [0, 0.1) is 0 Å². The lowest BCUT2D eigenvalue weighted by molar-refractivity contribution is 0.0438. The van der Waals surface area contributed by atoms with Crippen LogP contribution in [0.3, 0.4) is 0 Å². The van der Waals surface area contributed by atoms with Gasteiger partial charge in [0.15, 0.2) is 12.4 Å². The zero-order valence-electron chi connectivity index (χ0n) is 15.6. The number of ether oxygens (including phenoxy) is 1. The molecule has 0 unspecified atom stereocenters. The van der Waals surface area contributed by atoms with E-state index in [4.69, 9.17) is 20.8 Å². The average Bonchev–Trinajstić information content (AvgIpc) is 3.27. The average molecular weight is 419 g/mol. The number of hydrogen-bond donors (Lipinski definition) is 0. The molecule has 0 saturated carbocycles. The molecule has 0 atom stereocenters. The lowest BCUT2D eigenvalue weighted by Gasteiger charge is -2.04. The van der Waals surface area contributed by atoms with Crippen LogP contribution in [0.2, 0.25) is 5.02 Å². The van der Waals surface area contributed by atoms with Crippen LogP contribution in [0.15, 0.2) is 83.3 Å². The topological polar surface area (TPSA) is 82.3 Å². The predicted molar refractivity (Wildman–Crippen MR) is 110 cm³/mol. The Hall–Kier alpha value is -3.77. The molecule has 6 nitrogen and oxygen atoms in total. The number of hydrogen-bond acceptors (Lipinski definition) is 6. The smallest absolute Gasteiger partial charge is 0.338 e. The number of halogens is 1. The Labute approximate surface area is 177 Å². The second-order valence-electron chi connectivity index (χ2n) is 6.36. The molecule has 0 amide bonds. The van der Waals surface area contributed by atoms with Crippen molar-refractivity contribution < 1.29 is 18.7 Å². The number of esters is 1. The number of nitrogens with zero attached hydrogens (tertiary/aromatic N) is 2. The van der Waals surface area contributed by atoms with Crippen LogP contribution in [0.25, 0.3) is 11.5 Å². The van der Waals surface area contributed by atoms with Gasteiger partial charge < -0.3 is 9.15 Å². The monoisotopic (exact) mass is 418 g/mol. The van der Waals surface area contributed by atoms with Crippen LogP contribution in [0.1, 0.15) is 32.2 Å². The summed E-state index contributed by atoms with van der Waals surface area (Å²) in [6.07, 6.45) is 0. The first kappa shape index (κ1) is 19.5.